The topological polar surface area (TPSA) is 46.2 Å². The van der Waals surface area contributed by atoms with Crippen LogP contribution < -0.4 is 5.73 Å². The molecular formula is C15H21F2NO. The summed E-state index contributed by atoms with van der Waals surface area (Å²) >= 11 is 0. The summed E-state index contributed by atoms with van der Waals surface area (Å²) in [7, 11) is 0. The predicted octanol–water partition coefficient (Wildman–Crippen LogP) is 3.15. The molecule has 0 bridgehead atoms. The molecule has 1 fully saturated rings. The van der Waals surface area contributed by atoms with E-state index in [-0.39, 0.29) is 12.1 Å². The van der Waals surface area contributed by atoms with Gasteiger partial charge in [-0.2, -0.15) is 0 Å². The number of rotatable bonds is 3. The van der Waals surface area contributed by atoms with Crippen molar-refractivity contribution in [2.24, 2.45) is 17.1 Å². The molecule has 4 heteroatoms. The van der Waals surface area contributed by atoms with E-state index in [0.29, 0.717) is 5.92 Å². The Morgan fingerprint density at radius 1 is 1.37 bits per heavy atom. The van der Waals surface area contributed by atoms with Crippen LogP contribution in [0.5, 0.6) is 0 Å². The number of hydrogen-bond acceptors (Lipinski definition) is 2. The molecule has 0 aliphatic heterocycles. The molecule has 19 heavy (non-hydrogen) atoms. The van der Waals surface area contributed by atoms with Gasteiger partial charge in [0.1, 0.15) is 0 Å². The molecule has 0 saturated heterocycles. The minimum absolute atomic E-state index is 0.0278. The number of aliphatic hydroxyl groups excluding tert-OH is 1. The summed E-state index contributed by atoms with van der Waals surface area (Å²) in [5, 5.41) is 10.5. The van der Waals surface area contributed by atoms with Crippen LogP contribution in [0.15, 0.2) is 18.2 Å². The lowest BCUT2D eigenvalue weighted by atomic mass is 9.66. The van der Waals surface area contributed by atoms with Gasteiger partial charge in [0, 0.05) is 17.5 Å². The van der Waals surface area contributed by atoms with E-state index in [0.717, 1.165) is 31.7 Å². The molecule has 106 valence electrons. The number of halogens is 2. The molecule has 0 radical (unpaired) electrons. The summed E-state index contributed by atoms with van der Waals surface area (Å²) in [5.41, 5.74) is 5.34. The van der Waals surface area contributed by atoms with E-state index in [2.05, 4.69) is 6.92 Å². The largest absolute Gasteiger partial charge is 0.388 e. The molecule has 1 aromatic rings. The van der Waals surface area contributed by atoms with Gasteiger partial charge in [0.05, 0.1) is 6.10 Å². The Bertz CT molecular complexity index is 442. The predicted molar refractivity (Wildman–Crippen MR) is 70.4 cm³/mol. The second kappa shape index (κ2) is 5.55. The van der Waals surface area contributed by atoms with Gasteiger partial charge in [0.2, 0.25) is 0 Å². The fourth-order valence-corrected chi connectivity index (χ4v) is 2.99. The summed E-state index contributed by atoms with van der Waals surface area (Å²) < 4.78 is 27.1. The van der Waals surface area contributed by atoms with Crippen LogP contribution in [0.3, 0.4) is 0 Å². The van der Waals surface area contributed by atoms with Gasteiger partial charge >= 0.3 is 0 Å². The third kappa shape index (κ3) is 2.65. The molecule has 1 aliphatic rings. The van der Waals surface area contributed by atoms with Crippen LogP contribution in [-0.4, -0.2) is 11.7 Å². The lowest BCUT2D eigenvalue weighted by Crippen LogP contribution is -2.40. The van der Waals surface area contributed by atoms with Crippen molar-refractivity contribution in [2.45, 2.75) is 38.7 Å². The van der Waals surface area contributed by atoms with E-state index in [1.807, 2.05) is 0 Å². The van der Waals surface area contributed by atoms with E-state index in [9.17, 15) is 13.9 Å². The third-order valence-electron chi connectivity index (χ3n) is 4.53. The summed E-state index contributed by atoms with van der Waals surface area (Å²) in [5.74, 6) is -1.28. The normalized spacial score (nSPS) is 29.2. The Morgan fingerprint density at radius 3 is 2.58 bits per heavy atom. The fraction of sp³-hybridized carbons (Fsp3) is 0.600. The van der Waals surface area contributed by atoms with E-state index in [1.165, 1.54) is 12.1 Å². The molecule has 3 N–H and O–H groups in total. The lowest BCUT2D eigenvalue weighted by molar-refractivity contribution is -0.0106. The Morgan fingerprint density at radius 2 is 2.00 bits per heavy atom. The van der Waals surface area contributed by atoms with Crippen LogP contribution in [-0.2, 0) is 0 Å². The number of nitrogens with two attached hydrogens (primary N) is 1. The average molecular weight is 269 g/mol. The van der Waals surface area contributed by atoms with Gasteiger partial charge in [-0.3, -0.25) is 0 Å². The van der Waals surface area contributed by atoms with Crippen molar-refractivity contribution < 1.29 is 13.9 Å². The maximum absolute atomic E-state index is 13.8. The van der Waals surface area contributed by atoms with E-state index < -0.39 is 23.2 Å². The lowest BCUT2D eigenvalue weighted by Gasteiger charge is -2.42. The van der Waals surface area contributed by atoms with Crippen LogP contribution in [0.1, 0.15) is 44.3 Å². The molecule has 1 unspecified atom stereocenters. The fourth-order valence-electron chi connectivity index (χ4n) is 2.99. The highest BCUT2D eigenvalue weighted by molar-refractivity contribution is 5.23. The highest BCUT2D eigenvalue weighted by Crippen LogP contribution is 2.47. The SMILES string of the molecule is CC1CCC(CN)(C(O)c2cccc(F)c2F)CC1. The number of hydrogen-bond donors (Lipinski definition) is 2. The molecule has 0 amide bonds. The summed E-state index contributed by atoms with van der Waals surface area (Å²) in [4.78, 5) is 0. The van der Waals surface area contributed by atoms with Gasteiger partial charge < -0.3 is 10.8 Å². The van der Waals surface area contributed by atoms with Gasteiger partial charge in [0.25, 0.3) is 0 Å². The molecule has 0 heterocycles. The van der Waals surface area contributed by atoms with Crippen LogP contribution >= 0.6 is 0 Å². The van der Waals surface area contributed by atoms with Crippen molar-refractivity contribution in [1.82, 2.24) is 0 Å². The van der Waals surface area contributed by atoms with Crippen molar-refractivity contribution in [1.29, 1.82) is 0 Å². The van der Waals surface area contributed by atoms with Crippen molar-refractivity contribution >= 4 is 0 Å². The smallest absolute Gasteiger partial charge is 0.164 e. The summed E-state index contributed by atoms with van der Waals surface area (Å²) in [6.07, 6.45) is 2.39. The molecule has 2 rings (SSSR count). The minimum Gasteiger partial charge on any atom is -0.388 e. The Kier molecular flexibility index (Phi) is 4.21. The van der Waals surface area contributed by atoms with Crippen molar-refractivity contribution in [3.8, 4) is 0 Å². The Labute approximate surface area is 112 Å². The molecule has 1 aliphatic carbocycles. The van der Waals surface area contributed by atoms with Crippen LogP contribution in [0, 0.1) is 23.0 Å². The molecule has 0 aromatic heterocycles. The number of benzene rings is 1. The zero-order valence-corrected chi connectivity index (χ0v) is 11.2. The minimum atomic E-state index is -1.04. The second-order valence-electron chi connectivity index (χ2n) is 5.79. The maximum atomic E-state index is 13.8. The first-order valence-electron chi connectivity index (χ1n) is 6.82. The Balaban J connectivity index is 2.30. The summed E-state index contributed by atoms with van der Waals surface area (Å²) in [6.45, 7) is 2.45. The molecule has 0 spiro atoms. The van der Waals surface area contributed by atoms with E-state index in [4.69, 9.17) is 5.73 Å². The Hall–Kier alpha value is -1.00. The molecular weight excluding hydrogens is 248 g/mol. The second-order valence-corrected chi connectivity index (χ2v) is 5.79. The quantitative estimate of drug-likeness (QED) is 0.885. The highest BCUT2D eigenvalue weighted by Gasteiger charge is 2.41. The van der Waals surface area contributed by atoms with Gasteiger partial charge in [-0.25, -0.2) is 8.78 Å². The molecule has 1 saturated carbocycles. The average Bonchev–Trinajstić information content (AvgIpc) is 2.42. The van der Waals surface area contributed by atoms with Crippen molar-refractivity contribution in [3.05, 3.63) is 35.4 Å². The first-order valence-corrected chi connectivity index (χ1v) is 6.82. The molecule has 2 nitrogen and oxygen atoms in total. The summed E-state index contributed by atoms with van der Waals surface area (Å²) in [6, 6.07) is 3.93. The zero-order chi connectivity index (χ0) is 14.0. The maximum Gasteiger partial charge on any atom is 0.164 e. The van der Waals surface area contributed by atoms with Crippen LogP contribution in [0.25, 0.3) is 0 Å². The zero-order valence-electron chi connectivity index (χ0n) is 11.2. The van der Waals surface area contributed by atoms with Crippen molar-refractivity contribution in [2.75, 3.05) is 6.54 Å². The standard InChI is InChI=1S/C15H21F2NO/c1-10-5-7-15(9-18,8-6-10)14(19)11-3-2-4-12(16)13(11)17/h2-4,10,14,19H,5-9,18H2,1H3. The number of aliphatic hydroxyl groups is 1. The van der Waals surface area contributed by atoms with Gasteiger partial charge in [-0.05, 0) is 24.8 Å². The van der Waals surface area contributed by atoms with Crippen LogP contribution in [0.4, 0.5) is 8.78 Å². The first kappa shape index (κ1) is 14.4. The third-order valence-corrected chi connectivity index (χ3v) is 4.53. The van der Waals surface area contributed by atoms with Crippen molar-refractivity contribution in [3.63, 3.8) is 0 Å². The van der Waals surface area contributed by atoms with E-state index in [1.54, 1.807) is 0 Å². The molecule has 1 atom stereocenters. The van der Waals surface area contributed by atoms with Crippen LogP contribution in [0.2, 0.25) is 0 Å². The van der Waals surface area contributed by atoms with Gasteiger partial charge in [-0.1, -0.05) is 31.9 Å². The van der Waals surface area contributed by atoms with Gasteiger partial charge in [0.15, 0.2) is 11.6 Å². The highest BCUT2D eigenvalue weighted by atomic mass is 19.2. The first-order chi connectivity index (χ1) is 9.00. The van der Waals surface area contributed by atoms with Gasteiger partial charge in [-0.15, -0.1) is 0 Å². The molecule has 1 aromatic carbocycles. The monoisotopic (exact) mass is 269 g/mol. The van der Waals surface area contributed by atoms with E-state index >= 15 is 0 Å².